The highest BCUT2D eigenvalue weighted by atomic mass is 32.2. The zero-order valence-electron chi connectivity index (χ0n) is 29.2. The monoisotopic (exact) mass is 715 g/mol. The van der Waals surface area contributed by atoms with Gasteiger partial charge in [-0.15, -0.1) is 0 Å². The highest BCUT2D eigenvalue weighted by Gasteiger charge is 2.31. The molecule has 3 atom stereocenters. The van der Waals surface area contributed by atoms with Gasteiger partial charge in [0.2, 0.25) is 5.91 Å². The number of aliphatic hydroxyl groups is 1. The first kappa shape index (κ1) is 37.2. The first-order valence-electron chi connectivity index (χ1n) is 16.7. The second-order valence-corrected chi connectivity index (χ2v) is 14.6. The SMILES string of the molecule is COc1ccc(S(=O)(=O)Nc2ccc3c(c2)CC(=O)N([C@@H](C)CO)C[C@@H](C)[C@@H](CN(C)Cc2ccc(C(=O)Nc4ccccc4N)cc2)O3)cc1. The Kier molecular flexibility index (Phi) is 11.9. The number of aliphatic hydroxyl groups excluding tert-OH is 1. The topological polar surface area (TPSA) is 164 Å². The fraction of sp³-hybridized carbons (Fsp3) is 0.316. The minimum Gasteiger partial charge on any atom is -0.497 e. The van der Waals surface area contributed by atoms with Crippen molar-refractivity contribution in [3.63, 3.8) is 0 Å². The molecule has 0 fully saturated rings. The molecule has 1 aliphatic rings. The van der Waals surface area contributed by atoms with Gasteiger partial charge in [0, 0.05) is 42.4 Å². The van der Waals surface area contributed by atoms with Crippen molar-refractivity contribution in [2.24, 2.45) is 5.92 Å². The van der Waals surface area contributed by atoms with Crippen molar-refractivity contribution in [1.29, 1.82) is 0 Å². The number of amides is 2. The van der Waals surface area contributed by atoms with Crippen molar-refractivity contribution in [3.8, 4) is 11.5 Å². The Hall–Kier alpha value is -5.11. The minimum atomic E-state index is -3.93. The predicted octanol–water partition coefficient (Wildman–Crippen LogP) is 4.61. The molecule has 0 saturated heterocycles. The highest BCUT2D eigenvalue weighted by molar-refractivity contribution is 7.92. The fourth-order valence-electron chi connectivity index (χ4n) is 5.93. The van der Waals surface area contributed by atoms with Crippen LogP contribution in [0.25, 0.3) is 0 Å². The Morgan fingerprint density at radius 2 is 1.78 bits per heavy atom. The summed E-state index contributed by atoms with van der Waals surface area (Å²) in [5.41, 5.74) is 9.31. The van der Waals surface area contributed by atoms with E-state index in [1.54, 1.807) is 78.6 Å². The van der Waals surface area contributed by atoms with E-state index in [1.807, 2.05) is 26.1 Å². The van der Waals surface area contributed by atoms with E-state index in [0.29, 0.717) is 53.6 Å². The molecule has 270 valence electrons. The number of nitrogens with zero attached hydrogens (tertiary/aromatic N) is 2. The standard InChI is InChI=1S/C38H45N5O7S/c1-25-21-43(26(2)24-44)37(45)20-29-19-30(41-51(47,48)32-16-14-31(49-4)15-17-32)13-18-35(29)50-36(25)23-42(3)22-27-9-11-28(12-10-27)38(46)40-34-8-6-5-7-33(34)39/h5-19,25-26,36,41,44H,20-24,39H2,1-4H3,(H,40,46)/t25-,26+,36-/m1/s1. The summed E-state index contributed by atoms with van der Waals surface area (Å²) in [6.07, 6.45) is -0.402. The van der Waals surface area contributed by atoms with Crippen molar-refractivity contribution in [2.75, 3.05) is 49.6 Å². The summed E-state index contributed by atoms with van der Waals surface area (Å²) in [5, 5.41) is 12.8. The largest absolute Gasteiger partial charge is 0.497 e. The summed E-state index contributed by atoms with van der Waals surface area (Å²) < 4.78 is 40.7. The molecule has 0 bridgehead atoms. The van der Waals surface area contributed by atoms with Crippen LogP contribution in [0.15, 0.2) is 95.9 Å². The smallest absolute Gasteiger partial charge is 0.261 e. The average molecular weight is 716 g/mol. The van der Waals surface area contributed by atoms with Gasteiger partial charge in [-0.3, -0.25) is 19.2 Å². The zero-order valence-corrected chi connectivity index (χ0v) is 30.0. The van der Waals surface area contributed by atoms with Crippen LogP contribution < -0.4 is 25.2 Å². The van der Waals surface area contributed by atoms with Crippen LogP contribution >= 0.6 is 0 Å². The molecule has 13 heteroatoms. The van der Waals surface area contributed by atoms with Crippen LogP contribution in [0.5, 0.6) is 11.5 Å². The summed E-state index contributed by atoms with van der Waals surface area (Å²) in [4.78, 5) is 30.3. The van der Waals surface area contributed by atoms with Gasteiger partial charge in [0.05, 0.1) is 42.4 Å². The summed E-state index contributed by atoms with van der Waals surface area (Å²) in [5.74, 6) is 0.435. The van der Waals surface area contributed by atoms with Gasteiger partial charge in [-0.05, 0) is 86.3 Å². The first-order valence-corrected chi connectivity index (χ1v) is 18.1. The fourth-order valence-corrected chi connectivity index (χ4v) is 6.98. The van der Waals surface area contributed by atoms with Crippen LogP contribution in [0.3, 0.4) is 0 Å². The number of nitrogens with two attached hydrogens (primary N) is 1. The van der Waals surface area contributed by atoms with Gasteiger partial charge in [-0.25, -0.2) is 8.42 Å². The Morgan fingerprint density at radius 1 is 1.08 bits per heavy atom. The number of ether oxygens (including phenoxy) is 2. The van der Waals surface area contributed by atoms with Crippen LogP contribution in [-0.2, 0) is 27.8 Å². The predicted molar refractivity (Wildman–Crippen MR) is 197 cm³/mol. The quantitative estimate of drug-likeness (QED) is 0.154. The number of fused-ring (bicyclic) bond motifs is 1. The lowest BCUT2D eigenvalue weighted by molar-refractivity contribution is -0.134. The van der Waals surface area contributed by atoms with Crippen molar-refractivity contribution in [1.82, 2.24) is 9.80 Å². The molecule has 2 amide bonds. The van der Waals surface area contributed by atoms with Crippen LogP contribution in [0.4, 0.5) is 17.1 Å². The van der Waals surface area contributed by atoms with Crippen LogP contribution in [-0.4, -0.2) is 81.1 Å². The van der Waals surface area contributed by atoms with Crippen LogP contribution in [0.2, 0.25) is 0 Å². The molecule has 0 saturated carbocycles. The summed E-state index contributed by atoms with van der Waals surface area (Å²) >= 11 is 0. The number of hydrogen-bond donors (Lipinski definition) is 4. The molecule has 0 radical (unpaired) electrons. The number of para-hydroxylation sites is 2. The molecule has 5 rings (SSSR count). The van der Waals surface area contributed by atoms with Crippen molar-refractivity contribution in [2.45, 2.75) is 43.9 Å². The normalized spacial score (nSPS) is 17.0. The molecule has 0 aromatic heterocycles. The van der Waals surface area contributed by atoms with Gasteiger partial charge < -0.3 is 30.5 Å². The molecular weight excluding hydrogens is 671 g/mol. The first-order chi connectivity index (χ1) is 24.4. The van der Waals surface area contributed by atoms with Crippen LogP contribution in [0.1, 0.15) is 35.3 Å². The Labute approximate surface area is 299 Å². The average Bonchev–Trinajstić information content (AvgIpc) is 3.16. The number of likely N-dealkylation sites (N-methyl/N-ethyl adjacent to an activating group) is 1. The lowest BCUT2D eigenvalue weighted by atomic mass is 10.0. The van der Waals surface area contributed by atoms with E-state index < -0.39 is 16.1 Å². The number of sulfonamides is 1. The molecule has 0 spiro atoms. The van der Waals surface area contributed by atoms with Gasteiger partial charge in [0.25, 0.3) is 15.9 Å². The summed E-state index contributed by atoms with van der Waals surface area (Å²) in [7, 11) is -0.453. The Bertz CT molecular complexity index is 1940. The molecule has 0 unspecified atom stereocenters. The number of nitrogens with one attached hydrogen (secondary N) is 2. The maximum absolute atomic E-state index is 13.6. The zero-order chi connectivity index (χ0) is 36.7. The number of carbonyl (C=O) groups excluding carboxylic acids is 2. The van der Waals surface area contributed by atoms with Gasteiger partial charge in [-0.1, -0.05) is 31.2 Å². The molecule has 1 heterocycles. The maximum atomic E-state index is 13.6. The molecule has 12 nitrogen and oxygen atoms in total. The van der Waals surface area contributed by atoms with E-state index in [4.69, 9.17) is 15.2 Å². The molecular formula is C38H45N5O7S. The Morgan fingerprint density at radius 3 is 2.45 bits per heavy atom. The van der Waals surface area contributed by atoms with Gasteiger partial charge in [0.15, 0.2) is 0 Å². The third-order valence-corrected chi connectivity index (χ3v) is 10.3. The van der Waals surface area contributed by atoms with E-state index in [1.165, 1.54) is 19.2 Å². The second-order valence-electron chi connectivity index (χ2n) is 12.9. The van der Waals surface area contributed by atoms with Crippen LogP contribution in [0, 0.1) is 5.92 Å². The number of anilines is 3. The number of benzene rings is 4. The van der Waals surface area contributed by atoms with Crippen molar-refractivity contribution < 1.29 is 32.6 Å². The van der Waals surface area contributed by atoms with Gasteiger partial charge in [-0.2, -0.15) is 0 Å². The van der Waals surface area contributed by atoms with Crippen molar-refractivity contribution in [3.05, 3.63) is 108 Å². The third-order valence-electron chi connectivity index (χ3n) is 8.91. The lowest BCUT2D eigenvalue weighted by Gasteiger charge is -2.34. The number of carbonyl (C=O) groups is 2. The summed E-state index contributed by atoms with van der Waals surface area (Å²) in [6.45, 7) is 5.03. The highest BCUT2D eigenvalue weighted by Crippen LogP contribution is 2.30. The van der Waals surface area contributed by atoms with E-state index in [9.17, 15) is 23.1 Å². The molecule has 5 N–H and O–H groups in total. The number of methoxy groups -OCH3 is 1. The number of rotatable bonds is 12. The molecule has 4 aromatic rings. The van der Waals surface area contributed by atoms with E-state index >= 15 is 0 Å². The summed E-state index contributed by atoms with van der Waals surface area (Å²) in [6, 6.07) is 25.0. The van der Waals surface area contributed by atoms with E-state index in [2.05, 4.69) is 14.9 Å². The maximum Gasteiger partial charge on any atom is 0.261 e. The van der Waals surface area contributed by atoms with E-state index in [-0.39, 0.29) is 47.4 Å². The lowest BCUT2D eigenvalue weighted by Crippen LogP contribution is -2.47. The van der Waals surface area contributed by atoms with Crippen molar-refractivity contribution >= 4 is 38.9 Å². The minimum absolute atomic E-state index is 0.0378. The number of hydrogen-bond acceptors (Lipinski definition) is 9. The number of nitrogen functional groups attached to an aromatic ring is 1. The Balaban J connectivity index is 1.33. The van der Waals surface area contributed by atoms with Gasteiger partial charge >= 0.3 is 0 Å². The third kappa shape index (κ3) is 9.37. The molecule has 4 aromatic carbocycles. The second kappa shape index (κ2) is 16.3. The molecule has 0 aliphatic carbocycles. The van der Waals surface area contributed by atoms with Gasteiger partial charge in [0.1, 0.15) is 17.6 Å². The van der Waals surface area contributed by atoms with E-state index in [0.717, 1.165) is 5.56 Å². The molecule has 51 heavy (non-hydrogen) atoms. The molecule has 1 aliphatic heterocycles.